The average molecular weight is 457 g/mol. The second-order valence-corrected chi connectivity index (χ2v) is 9.12. The number of nitrogens with zero attached hydrogens (tertiary/aromatic N) is 4. The highest BCUT2D eigenvalue weighted by Crippen LogP contribution is 2.39. The predicted octanol–water partition coefficient (Wildman–Crippen LogP) is 2.74. The Kier molecular flexibility index (Phi) is 5.74. The van der Waals surface area contributed by atoms with Crippen molar-refractivity contribution in [2.24, 2.45) is 0 Å². The molecule has 1 aliphatic rings. The summed E-state index contributed by atoms with van der Waals surface area (Å²) in [6, 6.07) is 3.77. The largest absolute Gasteiger partial charge is 0.361 e. The molecular formula is C21H21FN6O3S. The van der Waals surface area contributed by atoms with Crippen molar-refractivity contribution < 1.29 is 17.6 Å². The van der Waals surface area contributed by atoms with Gasteiger partial charge in [-0.15, -0.1) is 0 Å². The summed E-state index contributed by atoms with van der Waals surface area (Å²) in [6.45, 7) is 0. The number of rotatable bonds is 5. The first-order valence-electron chi connectivity index (χ1n) is 9.84. The Labute approximate surface area is 184 Å². The molecule has 0 spiro atoms. The van der Waals surface area contributed by atoms with Gasteiger partial charge in [-0.2, -0.15) is 8.42 Å². The van der Waals surface area contributed by atoms with Gasteiger partial charge in [-0.25, -0.2) is 23.9 Å². The normalized spacial score (nSPS) is 12.8. The molecule has 0 unspecified atom stereocenters. The number of carbonyl (C=O) groups excluding carboxylic acids is 1. The van der Waals surface area contributed by atoms with E-state index >= 15 is 0 Å². The molecule has 0 saturated heterocycles. The van der Waals surface area contributed by atoms with Crippen molar-refractivity contribution in [2.45, 2.75) is 24.3 Å². The molecule has 2 amide bonds. The standard InChI is InChI=1S/C21H21FN6O3S/c1-28(2)18-11-25-19(12-24-18)32(30,31)27-21(29)26-20-15-5-3-4-14(15)17(22)10-16(20)13-6-8-23-9-7-13/h6-12H,3-5H2,1-2H3,(H2,26,27,29). The van der Waals surface area contributed by atoms with Crippen LogP contribution in [0.3, 0.4) is 0 Å². The van der Waals surface area contributed by atoms with Crippen molar-refractivity contribution in [2.75, 3.05) is 24.3 Å². The van der Waals surface area contributed by atoms with Crippen molar-refractivity contribution in [1.29, 1.82) is 0 Å². The molecule has 2 N–H and O–H groups in total. The van der Waals surface area contributed by atoms with Crippen LogP contribution in [0.15, 0.2) is 48.0 Å². The van der Waals surface area contributed by atoms with Gasteiger partial charge in [0.25, 0.3) is 10.0 Å². The van der Waals surface area contributed by atoms with Gasteiger partial charge in [0, 0.05) is 32.1 Å². The van der Waals surface area contributed by atoms with Crippen LogP contribution in [0, 0.1) is 5.82 Å². The Hall–Kier alpha value is -3.60. The zero-order valence-corrected chi connectivity index (χ0v) is 18.3. The minimum Gasteiger partial charge on any atom is -0.361 e. The van der Waals surface area contributed by atoms with Gasteiger partial charge in [0.1, 0.15) is 11.6 Å². The van der Waals surface area contributed by atoms with Crippen LogP contribution < -0.4 is 14.9 Å². The lowest BCUT2D eigenvalue weighted by molar-refractivity contribution is 0.256. The van der Waals surface area contributed by atoms with Gasteiger partial charge in [-0.3, -0.25) is 4.98 Å². The number of anilines is 2. The summed E-state index contributed by atoms with van der Waals surface area (Å²) in [5.74, 6) is 0.122. The number of carbonyl (C=O) groups is 1. The quantitative estimate of drug-likeness (QED) is 0.606. The van der Waals surface area contributed by atoms with Crippen molar-refractivity contribution >= 4 is 27.6 Å². The number of aromatic nitrogens is 3. The first kappa shape index (κ1) is 21.6. The Bertz CT molecular complexity index is 1260. The van der Waals surface area contributed by atoms with Gasteiger partial charge in [-0.1, -0.05) is 0 Å². The molecule has 4 rings (SSSR count). The summed E-state index contributed by atoms with van der Waals surface area (Å²) in [4.78, 5) is 26.2. The summed E-state index contributed by atoms with van der Waals surface area (Å²) in [7, 11) is -0.777. The third-order valence-electron chi connectivity index (χ3n) is 5.15. The third-order valence-corrected chi connectivity index (χ3v) is 6.37. The van der Waals surface area contributed by atoms with E-state index in [0.29, 0.717) is 46.6 Å². The van der Waals surface area contributed by atoms with E-state index in [0.717, 1.165) is 12.6 Å². The molecule has 0 aliphatic heterocycles. The summed E-state index contributed by atoms with van der Waals surface area (Å²) >= 11 is 0. The van der Waals surface area contributed by atoms with Crippen LogP contribution in [0.25, 0.3) is 11.1 Å². The van der Waals surface area contributed by atoms with Gasteiger partial charge in [0.15, 0.2) is 5.03 Å². The number of pyridine rings is 1. The molecule has 1 aromatic carbocycles. The molecule has 0 saturated carbocycles. The third kappa shape index (κ3) is 4.24. The van der Waals surface area contributed by atoms with E-state index in [2.05, 4.69) is 20.3 Å². The summed E-state index contributed by atoms with van der Waals surface area (Å²) in [6.07, 6.45) is 7.36. The number of benzene rings is 1. The van der Waals surface area contributed by atoms with E-state index in [9.17, 15) is 17.6 Å². The van der Waals surface area contributed by atoms with E-state index in [4.69, 9.17) is 0 Å². The van der Waals surface area contributed by atoms with Crippen molar-refractivity contribution in [3.8, 4) is 11.1 Å². The molecule has 3 aromatic rings. The minimum atomic E-state index is -4.26. The fourth-order valence-corrected chi connectivity index (χ4v) is 4.41. The first-order valence-corrected chi connectivity index (χ1v) is 11.3. The molecule has 0 radical (unpaired) electrons. The second kappa shape index (κ2) is 8.50. The number of fused-ring (bicyclic) bond motifs is 1. The maximum Gasteiger partial charge on any atom is 0.333 e. The topological polar surface area (TPSA) is 117 Å². The molecule has 0 fully saturated rings. The van der Waals surface area contributed by atoms with Crippen molar-refractivity contribution in [1.82, 2.24) is 19.7 Å². The smallest absolute Gasteiger partial charge is 0.333 e. The van der Waals surface area contributed by atoms with E-state index in [1.165, 1.54) is 12.3 Å². The monoisotopic (exact) mass is 456 g/mol. The Morgan fingerprint density at radius 1 is 1.09 bits per heavy atom. The van der Waals surface area contributed by atoms with Crippen molar-refractivity contribution in [3.63, 3.8) is 0 Å². The number of urea groups is 1. The van der Waals surface area contributed by atoms with Crippen LogP contribution in [0.2, 0.25) is 0 Å². The van der Waals surface area contributed by atoms with Crippen LogP contribution in [0.4, 0.5) is 20.7 Å². The fourth-order valence-electron chi connectivity index (χ4n) is 3.63. The molecule has 0 atom stereocenters. The number of hydrogen-bond acceptors (Lipinski definition) is 7. The molecule has 2 aromatic heterocycles. The molecule has 2 heterocycles. The fraction of sp³-hybridized carbons (Fsp3) is 0.238. The molecule has 32 heavy (non-hydrogen) atoms. The molecular weight excluding hydrogens is 435 g/mol. The lowest BCUT2D eigenvalue weighted by atomic mass is 9.97. The highest BCUT2D eigenvalue weighted by molar-refractivity contribution is 7.90. The number of hydrogen-bond donors (Lipinski definition) is 2. The number of sulfonamides is 1. The van der Waals surface area contributed by atoms with Crippen LogP contribution in [0.5, 0.6) is 0 Å². The Balaban J connectivity index is 1.64. The van der Waals surface area contributed by atoms with E-state index in [-0.39, 0.29) is 5.82 Å². The number of amides is 2. The predicted molar refractivity (Wildman–Crippen MR) is 117 cm³/mol. The molecule has 166 valence electrons. The molecule has 11 heteroatoms. The lowest BCUT2D eigenvalue weighted by Gasteiger charge is -2.17. The maximum atomic E-state index is 14.7. The van der Waals surface area contributed by atoms with Crippen LogP contribution >= 0.6 is 0 Å². The lowest BCUT2D eigenvalue weighted by Crippen LogP contribution is -2.35. The van der Waals surface area contributed by atoms with Crippen LogP contribution in [0.1, 0.15) is 17.5 Å². The molecule has 0 bridgehead atoms. The van der Waals surface area contributed by atoms with Gasteiger partial charge >= 0.3 is 6.03 Å². The second-order valence-electron chi connectivity index (χ2n) is 7.49. The van der Waals surface area contributed by atoms with E-state index < -0.39 is 21.1 Å². The van der Waals surface area contributed by atoms with Gasteiger partial charge in [0.2, 0.25) is 0 Å². The molecule has 1 aliphatic carbocycles. The zero-order chi connectivity index (χ0) is 22.9. The summed E-state index contributed by atoms with van der Waals surface area (Å²) in [5, 5.41) is 2.23. The Morgan fingerprint density at radius 3 is 2.47 bits per heavy atom. The minimum absolute atomic E-state index is 0.348. The maximum absolute atomic E-state index is 14.7. The first-order chi connectivity index (χ1) is 15.3. The van der Waals surface area contributed by atoms with Gasteiger partial charge in [-0.05, 0) is 54.2 Å². The van der Waals surface area contributed by atoms with Gasteiger partial charge < -0.3 is 10.2 Å². The van der Waals surface area contributed by atoms with Crippen LogP contribution in [-0.2, 0) is 22.9 Å². The van der Waals surface area contributed by atoms with Crippen LogP contribution in [-0.4, -0.2) is 43.5 Å². The summed E-state index contributed by atoms with van der Waals surface area (Å²) < 4.78 is 41.8. The van der Waals surface area contributed by atoms with Gasteiger partial charge in [0.05, 0.1) is 18.1 Å². The van der Waals surface area contributed by atoms with Crippen molar-refractivity contribution in [3.05, 3.63) is 59.9 Å². The zero-order valence-electron chi connectivity index (χ0n) is 17.5. The SMILES string of the molecule is CN(C)c1cnc(S(=O)(=O)NC(=O)Nc2c(-c3ccncc3)cc(F)c3c2CCC3)cn1. The average Bonchev–Trinajstić information content (AvgIpc) is 3.27. The van der Waals surface area contributed by atoms with E-state index in [1.54, 1.807) is 43.5 Å². The summed E-state index contributed by atoms with van der Waals surface area (Å²) in [5.41, 5.74) is 2.68. The number of halogens is 1. The highest BCUT2D eigenvalue weighted by Gasteiger charge is 2.26. The number of nitrogens with one attached hydrogen (secondary N) is 2. The Morgan fingerprint density at radius 2 is 1.81 bits per heavy atom. The molecule has 9 nitrogen and oxygen atoms in total. The highest BCUT2D eigenvalue weighted by atomic mass is 32.2. The van der Waals surface area contributed by atoms with E-state index in [1.807, 2.05) is 4.72 Å².